The lowest BCUT2D eigenvalue weighted by Crippen LogP contribution is -2.32. The Morgan fingerprint density at radius 3 is 2.88 bits per heavy atom. The van der Waals surface area contributed by atoms with Crippen LogP contribution in [0.3, 0.4) is 0 Å². The van der Waals surface area contributed by atoms with Crippen molar-refractivity contribution in [1.82, 2.24) is 19.7 Å². The van der Waals surface area contributed by atoms with Crippen molar-refractivity contribution >= 4 is 11.8 Å². The number of aryl methyl sites for hydroxylation is 1. The van der Waals surface area contributed by atoms with E-state index in [0.29, 0.717) is 6.54 Å². The quantitative estimate of drug-likeness (QED) is 0.625. The lowest BCUT2D eigenvalue weighted by molar-refractivity contribution is -0.402. The molecule has 1 atom stereocenters. The van der Waals surface area contributed by atoms with Crippen molar-refractivity contribution in [2.45, 2.75) is 51.1 Å². The smallest absolute Gasteiger partial charge is 0.395 e. The lowest BCUT2D eigenvalue weighted by atomic mass is 10.2. The van der Waals surface area contributed by atoms with Gasteiger partial charge in [-0.05, 0) is 31.7 Å². The van der Waals surface area contributed by atoms with Gasteiger partial charge in [0.15, 0.2) is 11.6 Å². The van der Waals surface area contributed by atoms with Gasteiger partial charge in [0.1, 0.15) is 10.7 Å². The van der Waals surface area contributed by atoms with Crippen molar-refractivity contribution in [3.63, 3.8) is 0 Å². The Labute approximate surface area is 143 Å². The Bertz CT molecular complexity index is 811. The zero-order valence-corrected chi connectivity index (χ0v) is 13.8. The molecule has 2 aliphatic heterocycles. The summed E-state index contributed by atoms with van der Waals surface area (Å²) in [5.41, 5.74) is 0. The highest BCUT2D eigenvalue weighted by Gasteiger charge is 2.36. The first-order chi connectivity index (χ1) is 12.1. The second kappa shape index (κ2) is 6.30. The number of aromatic nitrogens is 3. The number of carbonyl (C=O) groups is 1. The van der Waals surface area contributed by atoms with Gasteiger partial charge in [0.05, 0.1) is 12.1 Å². The van der Waals surface area contributed by atoms with Crippen LogP contribution in [0, 0.1) is 10.1 Å². The van der Waals surface area contributed by atoms with E-state index in [9.17, 15) is 14.9 Å². The molecule has 0 bridgehead atoms. The van der Waals surface area contributed by atoms with Gasteiger partial charge >= 0.3 is 5.88 Å². The van der Waals surface area contributed by atoms with Crippen LogP contribution in [0.25, 0.3) is 0 Å². The van der Waals surface area contributed by atoms with Gasteiger partial charge in [-0.1, -0.05) is 6.42 Å². The summed E-state index contributed by atoms with van der Waals surface area (Å²) >= 11 is 0. The van der Waals surface area contributed by atoms with Gasteiger partial charge < -0.3 is 13.9 Å². The molecule has 1 unspecified atom stereocenters. The molecule has 0 aromatic carbocycles. The SMILES string of the molecule is O=C(c1ccc([N+](=O)[O-])o1)N1CCCC1c1nnc2n1CCCCC2. The average Bonchev–Trinajstić information content (AvgIpc) is 3.30. The maximum atomic E-state index is 12.8. The topological polar surface area (TPSA) is 107 Å². The summed E-state index contributed by atoms with van der Waals surface area (Å²) in [5, 5.41) is 19.4. The van der Waals surface area contributed by atoms with Gasteiger partial charge in [0, 0.05) is 19.5 Å². The minimum Gasteiger partial charge on any atom is -0.395 e. The fourth-order valence-corrected chi connectivity index (χ4v) is 3.71. The Balaban J connectivity index is 1.61. The normalized spacial score (nSPS) is 20.3. The van der Waals surface area contributed by atoms with Crippen LogP contribution in [0.1, 0.15) is 60.3 Å². The first kappa shape index (κ1) is 15.8. The minimum atomic E-state index is -0.642. The summed E-state index contributed by atoms with van der Waals surface area (Å²) in [6, 6.07) is 2.41. The molecule has 2 aliphatic rings. The molecule has 2 aromatic heterocycles. The highest BCUT2D eigenvalue weighted by molar-refractivity contribution is 5.92. The molecule has 1 fully saturated rings. The molecule has 4 heterocycles. The number of amides is 1. The van der Waals surface area contributed by atoms with Crippen molar-refractivity contribution in [3.8, 4) is 0 Å². The predicted octanol–water partition coefficient (Wildman–Crippen LogP) is 2.48. The number of likely N-dealkylation sites (tertiary alicyclic amines) is 1. The molecule has 9 nitrogen and oxygen atoms in total. The summed E-state index contributed by atoms with van der Waals surface area (Å²) in [6.45, 7) is 1.46. The Kier molecular flexibility index (Phi) is 3.98. The molecule has 1 amide bonds. The van der Waals surface area contributed by atoms with E-state index >= 15 is 0 Å². The van der Waals surface area contributed by atoms with E-state index in [1.165, 1.54) is 18.6 Å². The third-order valence-electron chi connectivity index (χ3n) is 4.93. The van der Waals surface area contributed by atoms with E-state index in [1.54, 1.807) is 4.90 Å². The van der Waals surface area contributed by atoms with Crippen molar-refractivity contribution < 1.29 is 14.1 Å². The van der Waals surface area contributed by atoms with E-state index in [4.69, 9.17) is 4.42 Å². The van der Waals surface area contributed by atoms with E-state index in [0.717, 1.165) is 50.3 Å². The molecule has 0 aliphatic carbocycles. The Morgan fingerprint density at radius 1 is 1.20 bits per heavy atom. The fraction of sp³-hybridized carbons (Fsp3) is 0.562. The van der Waals surface area contributed by atoms with E-state index < -0.39 is 10.8 Å². The van der Waals surface area contributed by atoms with Crippen LogP contribution in [0.4, 0.5) is 5.88 Å². The molecule has 0 spiro atoms. The monoisotopic (exact) mass is 345 g/mol. The summed E-state index contributed by atoms with van der Waals surface area (Å²) in [4.78, 5) is 24.6. The zero-order valence-electron chi connectivity index (χ0n) is 13.8. The lowest BCUT2D eigenvalue weighted by Gasteiger charge is -2.23. The highest BCUT2D eigenvalue weighted by atomic mass is 16.6. The number of carbonyl (C=O) groups excluding carboxylic acids is 1. The summed E-state index contributed by atoms with van der Waals surface area (Å²) in [7, 11) is 0. The molecule has 132 valence electrons. The number of fused-ring (bicyclic) bond motifs is 1. The van der Waals surface area contributed by atoms with Crippen molar-refractivity contribution in [2.24, 2.45) is 0 Å². The van der Waals surface area contributed by atoms with Crippen LogP contribution in [-0.2, 0) is 13.0 Å². The number of hydrogen-bond acceptors (Lipinski definition) is 6. The first-order valence-electron chi connectivity index (χ1n) is 8.62. The number of rotatable bonds is 3. The van der Waals surface area contributed by atoms with Crippen LogP contribution >= 0.6 is 0 Å². The fourth-order valence-electron chi connectivity index (χ4n) is 3.71. The van der Waals surface area contributed by atoms with E-state index in [1.807, 2.05) is 0 Å². The first-order valence-corrected chi connectivity index (χ1v) is 8.62. The van der Waals surface area contributed by atoms with Crippen molar-refractivity contribution in [2.75, 3.05) is 6.54 Å². The summed E-state index contributed by atoms with van der Waals surface area (Å²) in [6.07, 6.45) is 5.96. The molecule has 0 radical (unpaired) electrons. The molecule has 0 N–H and O–H groups in total. The largest absolute Gasteiger partial charge is 0.433 e. The second-order valence-corrected chi connectivity index (χ2v) is 6.49. The van der Waals surface area contributed by atoms with Gasteiger partial charge in [-0.2, -0.15) is 0 Å². The van der Waals surface area contributed by atoms with E-state index in [-0.39, 0.29) is 17.7 Å². The van der Waals surface area contributed by atoms with Crippen LogP contribution in [-0.4, -0.2) is 37.0 Å². The van der Waals surface area contributed by atoms with Crippen molar-refractivity contribution in [1.29, 1.82) is 0 Å². The molecule has 0 saturated carbocycles. The molecule has 1 saturated heterocycles. The van der Waals surface area contributed by atoms with Gasteiger partial charge in [-0.3, -0.25) is 14.9 Å². The minimum absolute atomic E-state index is 0.00537. The zero-order chi connectivity index (χ0) is 17.4. The van der Waals surface area contributed by atoms with Crippen LogP contribution in [0.5, 0.6) is 0 Å². The molecular weight excluding hydrogens is 326 g/mol. The van der Waals surface area contributed by atoms with E-state index in [2.05, 4.69) is 14.8 Å². The van der Waals surface area contributed by atoms with Gasteiger partial charge in [-0.25, -0.2) is 0 Å². The highest BCUT2D eigenvalue weighted by Crippen LogP contribution is 2.34. The maximum absolute atomic E-state index is 12.8. The molecular formula is C16H19N5O4. The summed E-state index contributed by atoms with van der Waals surface area (Å²) < 4.78 is 7.23. The molecule has 25 heavy (non-hydrogen) atoms. The average molecular weight is 345 g/mol. The predicted molar refractivity (Wildman–Crippen MR) is 86.0 cm³/mol. The van der Waals surface area contributed by atoms with Crippen LogP contribution in [0.15, 0.2) is 16.5 Å². The number of hydrogen-bond donors (Lipinski definition) is 0. The van der Waals surface area contributed by atoms with Crippen molar-refractivity contribution in [3.05, 3.63) is 39.7 Å². The second-order valence-electron chi connectivity index (χ2n) is 6.49. The summed E-state index contributed by atoms with van der Waals surface area (Å²) in [5.74, 6) is 1.05. The van der Waals surface area contributed by atoms with Gasteiger partial charge in [0.2, 0.25) is 0 Å². The number of nitrogens with zero attached hydrogens (tertiary/aromatic N) is 5. The molecule has 4 rings (SSSR count). The standard InChI is InChI=1S/C16H19N5O4/c22-16(12-7-8-14(25-12)21(23)24)19-10-4-5-11(19)15-18-17-13-6-2-1-3-9-20(13)15/h7-8,11H,1-6,9-10H2. The van der Waals surface area contributed by atoms with Crippen LogP contribution in [0.2, 0.25) is 0 Å². The maximum Gasteiger partial charge on any atom is 0.433 e. The van der Waals surface area contributed by atoms with Gasteiger partial charge in [0.25, 0.3) is 5.91 Å². The molecule has 9 heteroatoms. The molecule has 2 aromatic rings. The third-order valence-corrected chi connectivity index (χ3v) is 4.93. The Hall–Kier alpha value is -2.71. The number of nitro groups is 1. The van der Waals surface area contributed by atoms with Gasteiger partial charge in [-0.15, -0.1) is 10.2 Å². The van der Waals surface area contributed by atoms with Crippen LogP contribution < -0.4 is 0 Å². The third kappa shape index (κ3) is 2.79. The Morgan fingerprint density at radius 2 is 2.08 bits per heavy atom. The number of furan rings is 1.